The van der Waals surface area contributed by atoms with E-state index in [-0.39, 0.29) is 18.4 Å². The van der Waals surface area contributed by atoms with Crippen molar-refractivity contribution in [1.82, 2.24) is 10.2 Å². The average Bonchev–Trinajstić information content (AvgIpc) is 2.37. The summed E-state index contributed by atoms with van der Waals surface area (Å²) in [6.45, 7) is 4.70. The van der Waals surface area contributed by atoms with Crippen LogP contribution in [0.3, 0.4) is 0 Å². The lowest BCUT2D eigenvalue weighted by Gasteiger charge is -2.37. The van der Waals surface area contributed by atoms with Crippen LogP contribution >= 0.6 is 0 Å². The molecule has 1 saturated heterocycles. The molecule has 0 N–H and O–H groups in total. The van der Waals surface area contributed by atoms with Crippen molar-refractivity contribution in [3.8, 4) is 0 Å². The zero-order valence-electron chi connectivity index (χ0n) is 11.4. The maximum atomic E-state index is 14.0. The summed E-state index contributed by atoms with van der Waals surface area (Å²) in [6, 6.07) is 2.13. The first-order valence-electron chi connectivity index (χ1n) is 6.59. The van der Waals surface area contributed by atoms with Crippen LogP contribution in [-0.2, 0) is 6.18 Å². The first kappa shape index (κ1) is 15.0. The van der Waals surface area contributed by atoms with Crippen molar-refractivity contribution in [2.45, 2.75) is 32.6 Å². The lowest BCUT2D eigenvalue weighted by atomic mass is 9.85. The maximum Gasteiger partial charge on any atom is 0.435 e. The highest BCUT2D eigenvalue weighted by Crippen LogP contribution is 2.31. The summed E-state index contributed by atoms with van der Waals surface area (Å²) in [7, 11) is 0. The fourth-order valence-corrected chi connectivity index (χ4v) is 2.53. The molecule has 0 bridgehead atoms. The second kappa shape index (κ2) is 5.54. The van der Waals surface area contributed by atoms with E-state index in [1.54, 1.807) is 4.90 Å². The maximum absolute atomic E-state index is 14.0. The van der Waals surface area contributed by atoms with Gasteiger partial charge in [0.2, 0.25) is 0 Å². The molecule has 0 radical (unpaired) electrons. The van der Waals surface area contributed by atoms with Crippen LogP contribution in [0.4, 0.5) is 23.4 Å². The number of hydrogen-bond donors (Lipinski definition) is 0. The van der Waals surface area contributed by atoms with Crippen LogP contribution in [-0.4, -0.2) is 29.5 Å². The third kappa shape index (κ3) is 3.19. The predicted octanol–water partition coefficient (Wildman–Crippen LogP) is 3.32. The highest BCUT2D eigenvalue weighted by molar-refractivity contribution is 5.38. The summed E-state index contributed by atoms with van der Waals surface area (Å²) in [4.78, 5) is 1.65. The molecule has 0 aromatic carbocycles. The Hall–Kier alpha value is -1.40. The summed E-state index contributed by atoms with van der Waals surface area (Å²) < 4.78 is 51.2. The molecule has 7 heteroatoms. The minimum absolute atomic E-state index is 0.00587. The molecule has 0 amide bonds. The van der Waals surface area contributed by atoms with Gasteiger partial charge < -0.3 is 4.90 Å². The number of halogens is 4. The van der Waals surface area contributed by atoms with E-state index in [0.717, 1.165) is 6.07 Å². The number of piperidine rings is 1. The highest BCUT2D eigenvalue weighted by Gasteiger charge is 2.34. The van der Waals surface area contributed by atoms with Gasteiger partial charge in [0.25, 0.3) is 0 Å². The molecule has 1 fully saturated rings. The SMILES string of the molecule is CC(C)[C@@H]1CCN(c2ccc(C(F)(F)F)nn2)C[C@@H]1F. The molecule has 2 atom stereocenters. The van der Waals surface area contributed by atoms with Gasteiger partial charge in [-0.3, -0.25) is 0 Å². The molecular weight excluding hydrogens is 274 g/mol. The molecular formula is C13H17F4N3. The zero-order valence-corrected chi connectivity index (χ0v) is 11.4. The fourth-order valence-electron chi connectivity index (χ4n) is 2.53. The summed E-state index contributed by atoms with van der Waals surface area (Å²) in [5.74, 6) is 0.544. The molecule has 1 aromatic rings. The Morgan fingerprint density at radius 1 is 1.25 bits per heavy atom. The van der Waals surface area contributed by atoms with E-state index >= 15 is 0 Å². The van der Waals surface area contributed by atoms with Gasteiger partial charge in [-0.2, -0.15) is 13.2 Å². The molecule has 20 heavy (non-hydrogen) atoms. The second-order valence-electron chi connectivity index (χ2n) is 5.43. The van der Waals surface area contributed by atoms with Crippen molar-refractivity contribution in [2.24, 2.45) is 11.8 Å². The first-order chi connectivity index (χ1) is 9.29. The van der Waals surface area contributed by atoms with E-state index in [1.807, 2.05) is 13.8 Å². The molecule has 1 aliphatic rings. The lowest BCUT2D eigenvalue weighted by Crippen LogP contribution is -2.44. The van der Waals surface area contributed by atoms with Crippen LogP contribution in [0.2, 0.25) is 0 Å². The van der Waals surface area contributed by atoms with Gasteiger partial charge in [0.05, 0.1) is 6.54 Å². The number of anilines is 1. The van der Waals surface area contributed by atoms with Crippen LogP contribution in [0, 0.1) is 11.8 Å². The standard InChI is InChI=1S/C13H17F4N3/c1-8(2)9-5-6-20(7-10(9)14)12-4-3-11(18-19-12)13(15,16)17/h3-4,8-10H,5-7H2,1-2H3/t9-,10-/m0/s1. The Morgan fingerprint density at radius 2 is 1.95 bits per heavy atom. The van der Waals surface area contributed by atoms with Crippen LogP contribution in [0.5, 0.6) is 0 Å². The van der Waals surface area contributed by atoms with Crippen LogP contribution < -0.4 is 4.90 Å². The topological polar surface area (TPSA) is 29.0 Å². The summed E-state index contributed by atoms with van der Waals surface area (Å²) in [6.07, 6.45) is -4.83. The average molecular weight is 291 g/mol. The Labute approximate surface area is 115 Å². The predicted molar refractivity (Wildman–Crippen MR) is 67.1 cm³/mol. The number of hydrogen-bond acceptors (Lipinski definition) is 3. The molecule has 112 valence electrons. The fraction of sp³-hybridized carbons (Fsp3) is 0.692. The van der Waals surface area contributed by atoms with Gasteiger partial charge in [-0.05, 0) is 30.4 Å². The molecule has 2 heterocycles. The van der Waals surface area contributed by atoms with E-state index in [0.29, 0.717) is 18.8 Å². The Kier molecular flexibility index (Phi) is 4.15. The lowest BCUT2D eigenvalue weighted by molar-refractivity contribution is -0.141. The summed E-state index contributed by atoms with van der Waals surface area (Å²) in [5, 5.41) is 6.73. The molecule has 1 aromatic heterocycles. The number of alkyl halides is 4. The Balaban J connectivity index is 2.07. The molecule has 0 saturated carbocycles. The highest BCUT2D eigenvalue weighted by atomic mass is 19.4. The van der Waals surface area contributed by atoms with Gasteiger partial charge in [0.15, 0.2) is 11.5 Å². The van der Waals surface area contributed by atoms with E-state index in [9.17, 15) is 17.6 Å². The van der Waals surface area contributed by atoms with Gasteiger partial charge in [0.1, 0.15) is 6.17 Å². The first-order valence-corrected chi connectivity index (χ1v) is 6.59. The quantitative estimate of drug-likeness (QED) is 0.783. The Bertz CT molecular complexity index is 444. The molecule has 1 aliphatic heterocycles. The van der Waals surface area contributed by atoms with E-state index in [2.05, 4.69) is 10.2 Å². The van der Waals surface area contributed by atoms with Gasteiger partial charge in [-0.15, -0.1) is 10.2 Å². The monoisotopic (exact) mass is 291 g/mol. The smallest absolute Gasteiger partial charge is 0.352 e. The van der Waals surface area contributed by atoms with Crippen molar-refractivity contribution >= 4 is 5.82 Å². The van der Waals surface area contributed by atoms with Crippen molar-refractivity contribution in [2.75, 3.05) is 18.0 Å². The second-order valence-corrected chi connectivity index (χ2v) is 5.43. The van der Waals surface area contributed by atoms with Crippen LogP contribution in [0.1, 0.15) is 26.0 Å². The molecule has 3 nitrogen and oxygen atoms in total. The van der Waals surface area contributed by atoms with Crippen LogP contribution in [0.25, 0.3) is 0 Å². The van der Waals surface area contributed by atoms with E-state index in [4.69, 9.17) is 0 Å². The van der Waals surface area contributed by atoms with Crippen LogP contribution in [0.15, 0.2) is 12.1 Å². The van der Waals surface area contributed by atoms with Crippen molar-refractivity contribution in [3.63, 3.8) is 0 Å². The van der Waals surface area contributed by atoms with Crippen molar-refractivity contribution in [3.05, 3.63) is 17.8 Å². The zero-order chi connectivity index (χ0) is 14.9. The van der Waals surface area contributed by atoms with Crippen molar-refractivity contribution in [1.29, 1.82) is 0 Å². The largest absolute Gasteiger partial charge is 0.435 e. The van der Waals surface area contributed by atoms with Gasteiger partial charge in [0, 0.05) is 6.54 Å². The molecule has 0 aliphatic carbocycles. The van der Waals surface area contributed by atoms with E-state index in [1.165, 1.54) is 6.07 Å². The van der Waals surface area contributed by atoms with Crippen molar-refractivity contribution < 1.29 is 17.6 Å². The minimum atomic E-state index is -4.50. The minimum Gasteiger partial charge on any atom is -0.352 e. The normalized spacial score (nSPS) is 24.2. The van der Waals surface area contributed by atoms with Gasteiger partial charge in [-0.25, -0.2) is 4.39 Å². The molecule has 0 spiro atoms. The van der Waals surface area contributed by atoms with E-state index < -0.39 is 18.0 Å². The summed E-state index contributed by atoms with van der Waals surface area (Å²) >= 11 is 0. The summed E-state index contributed by atoms with van der Waals surface area (Å²) in [5.41, 5.74) is -1.03. The number of nitrogens with zero attached hydrogens (tertiary/aromatic N) is 3. The third-order valence-electron chi connectivity index (χ3n) is 3.71. The van der Waals surface area contributed by atoms with Gasteiger partial charge in [-0.1, -0.05) is 13.8 Å². The molecule has 0 unspecified atom stereocenters. The molecule has 2 rings (SSSR count). The Morgan fingerprint density at radius 3 is 2.40 bits per heavy atom. The number of aromatic nitrogens is 2. The van der Waals surface area contributed by atoms with Gasteiger partial charge >= 0.3 is 6.18 Å². The third-order valence-corrected chi connectivity index (χ3v) is 3.71. The number of rotatable bonds is 2.